The van der Waals surface area contributed by atoms with Crippen molar-refractivity contribution in [2.75, 3.05) is 26.3 Å². The van der Waals surface area contributed by atoms with Gasteiger partial charge in [0.05, 0.1) is 16.7 Å². The van der Waals surface area contributed by atoms with Crippen LogP contribution >= 0.6 is 11.6 Å². The molecule has 3 heterocycles. The number of halogens is 1. The topological polar surface area (TPSA) is 98.4 Å². The molecule has 0 radical (unpaired) electrons. The number of hydrogen-bond acceptors (Lipinski definition) is 5. The zero-order valence-electron chi connectivity index (χ0n) is 16.9. The predicted octanol–water partition coefficient (Wildman–Crippen LogP) is 2.60. The van der Waals surface area contributed by atoms with Gasteiger partial charge in [-0.25, -0.2) is 9.97 Å². The molecule has 2 saturated heterocycles. The lowest BCUT2D eigenvalue weighted by molar-refractivity contribution is -0.140. The highest BCUT2D eigenvalue weighted by atomic mass is 35.5. The Bertz CT molecular complexity index is 957. The second-order valence-corrected chi connectivity index (χ2v) is 8.47. The van der Waals surface area contributed by atoms with Gasteiger partial charge in [0.15, 0.2) is 0 Å². The van der Waals surface area contributed by atoms with Gasteiger partial charge < -0.3 is 15.4 Å². The molecule has 7 nitrogen and oxygen atoms in total. The molecule has 0 bridgehead atoms. The van der Waals surface area contributed by atoms with E-state index in [1.165, 1.54) is 6.20 Å². The minimum atomic E-state index is -0.593. The summed E-state index contributed by atoms with van der Waals surface area (Å²) in [5.41, 5.74) is 6.64. The number of ether oxygens (including phenoxy) is 1. The number of aromatic nitrogens is 2. The number of carbonyl (C=O) groups is 2. The van der Waals surface area contributed by atoms with Crippen molar-refractivity contribution in [3.8, 4) is 0 Å². The van der Waals surface area contributed by atoms with Gasteiger partial charge in [0.1, 0.15) is 5.82 Å². The number of nitrogens with two attached hydrogens (primary N) is 1. The molecule has 1 aromatic heterocycles. The van der Waals surface area contributed by atoms with Crippen LogP contribution in [-0.4, -0.2) is 53.0 Å². The van der Waals surface area contributed by atoms with Crippen LogP contribution in [0.4, 0.5) is 0 Å². The van der Waals surface area contributed by atoms with E-state index in [2.05, 4.69) is 9.97 Å². The third-order valence-electron chi connectivity index (χ3n) is 6.26. The lowest BCUT2D eigenvalue weighted by Gasteiger charge is -2.39. The van der Waals surface area contributed by atoms with E-state index in [-0.39, 0.29) is 11.8 Å². The number of hydrogen-bond donors (Lipinski definition) is 1. The van der Waals surface area contributed by atoms with Crippen LogP contribution in [0, 0.1) is 6.92 Å². The molecule has 0 saturated carbocycles. The average molecular weight is 429 g/mol. The number of nitrogens with zero attached hydrogens (tertiary/aromatic N) is 3. The summed E-state index contributed by atoms with van der Waals surface area (Å²) >= 11 is 6.07. The minimum absolute atomic E-state index is 0.0386. The summed E-state index contributed by atoms with van der Waals surface area (Å²) in [7, 11) is 0. The van der Waals surface area contributed by atoms with Gasteiger partial charge in [-0.15, -0.1) is 0 Å². The molecule has 0 unspecified atom stereocenters. The summed E-state index contributed by atoms with van der Waals surface area (Å²) in [6.07, 6.45) is 3.57. The first-order valence-electron chi connectivity index (χ1n) is 10.2. The molecule has 0 spiro atoms. The highest BCUT2D eigenvalue weighted by Gasteiger charge is 2.45. The van der Waals surface area contributed by atoms with Crippen molar-refractivity contribution in [3.05, 3.63) is 58.1 Å². The van der Waals surface area contributed by atoms with Gasteiger partial charge in [-0.2, -0.15) is 0 Å². The van der Waals surface area contributed by atoms with Crippen molar-refractivity contribution in [2.24, 2.45) is 5.73 Å². The van der Waals surface area contributed by atoms with Crippen LogP contribution in [0.2, 0.25) is 5.02 Å². The third-order valence-corrected chi connectivity index (χ3v) is 6.51. The Kier molecular flexibility index (Phi) is 5.75. The molecule has 8 heteroatoms. The summed E-state index contributed by atoms with van der Waals surface area (Å²) in [4.78, 5) is 35.9. The average Bonchev–Trinajstić information content (AvgIpc) is 3.24. The molecule has 158 valence electrons. The molecular formula is C22H25ClN4O3. The molecule has 2 fully saturated rings. The number of amides is 2. The molecule has 0 aliphatic carbocycles. The number of aryl methyl sites for hydroxylation is 1. The van der Waals surface area contributed by atoms with Crippen molar-refractivity contribution in [3.63, 3.8) is 0 Å². The van der Waals surface area contributed by atoms with Crippen molar-refractivity contribution < 1.29 is 14.3 Å². The lowest BCUT2D eigenvalue weighted by atomic mass is 9.73. The quantitative estimate of drug-likeness (QED) is 0.807. The summed E-state index contributed by atoms with van der Waals surface area (Å²) in [6.45, 7) is 4.08. The van der Waals surface area contributed by atoms with Crippen molar-refractivity contribution in [2.45, 2.75) is 37.5 Å². The number of carbonyl (C=O) groups excluding carboxylic acids is 2. The van der Waals surface area contributed by atoms with Gasteiger partial charge >= 0.3 is 0 Å². The monoisotopic (exact) mass is 428 g/mol. The normalized spacial score (nSPS) is 20.9. The van der Waals surface area contributed by atoms with E-state index < -0.39 is 11.3 Å². The van der Waals surface area contributed by atoms with E-state index in [1.54, 1.807) is 6.92 Å². The largest absolute Gasteiger partial charge is 0.381 e. The highest BCUT2D eigenvalue weighted by Crippen LogP contribution is 2.39. The molecule has 1 aromatic carbocycles. The Morgan fingerprint density at radius 1 is 1.23 bits per heavy atom. The minimum Gasteiger partial charge on any atom is -0.381 e. The van der Waals surface area contributed by atoms with Crippen molar-refractivity contribution in [1.82, 2.24) is 14.9 Å². The smallest absolute Gasteiger partial charge is 0.252 e. The van der Waals surface area contributed by atoms with Crippen LogP contribution in [0.5, 0.6) is 0 Å². The number of rotatable bonds is 4. The standard InChI is InChI=1S/C22H25ClN4O3/c1-14-18(19(24)28)12-25-20(26-14)15-6-9-27(13-15)21(29)22(7-10-30-11-8-22)16-2-4-17(23)5-3-16/h2-5,12,15H,6-11,13H2,1H3,(H2,24,28)/t15-/m0/s1. The molecule has 2 aliphatic rings. The van der Waals surface area contributed by atoms with Crippen LogP contribution in [0.15, 0.2) is 30.5 Å². The first-order chi connectivity index (χ1) is 14.4. The Labute approximate surface area is 180 Å². The van der Waals surface area contributed by atoms with E-state index in [0.717, 1.165) is 12.0 Å². The molecule has 1 atom stereocenters. The van der Waals surface area contributed by atoms with Gasteiger partial charge in [0.2, 0.25) is 5.91 Å². The Hall–Kier alpha value is -2.51. The Morgan fingerprint density at radius 2 is 1.93 bits per heavy atom. The fourth-order valence-electron chi connectivity index (χ4n) is 4.50. The van der Waals surface area contributed by atoms with Gasteiger partial charge in [0, 0.05) is 43.4 Å². The highest BCUT2D eigenvalue weighted by molar-refractivity contribution is 6.30. The van der Waals surface area contributed by atoms with Crippen LogP contribution in [0.1, 0.15) is 52.6 Å². The van der Waals surface area contributed by atoms with Crippen LogP contribution in [0.3, 0.4) is 0 Å². The fourth-order valence-corrected chi connectivity index (χ4v) is 4.62. The molecule has 2 N–H and O–H groups in total. The maximum absolute atomic E-state index is 13.7. The lowest BCUT2D eigenvalue weighted by Crippen LogP contribution is -2.49. The van der Waals surface area contributed by atoms with Crippen LogP contribution < -0.4 is 5.73 Å². The Morgan fingerprint density at radius 3 is 2.57 bits per heavy atom. The van der Waals surface area contributed by atoms with E-state index in [1.807, 2.05) is 29.2 Å². The van der Waals surface area contributed by atoms with Crippen molar-refractivity contribution >= 4 is 23.4 Å². The first kappa shape index (κ1) is 20.8. The summed E-state index contributed by atoms with van der Waals surface area (Å²) in [5.74, 6) is 0.282. The number of benzene rings is 1. The van der Waals surface area contributed by atoms with Crippen molar-refractivity contribution in [1.29, 1.82) is 0 Å². The second-order valence-electron chi connectivity index (χ2n) is 8.03. The van der Waals surface area contributed by atoms with E-state index in [0.29, 0.717) is 61.2 Å². The van der Waals surface area contributed by atoms with Crippen LogP contribution in [-0.2, 0) is 14.9 Å². The first-order valence-corrected chi connectivity index (χ1v) is 10.5. The van der Waals surface area contributed by atoms with E-state index >= 15 is 0 Å². The van der Waals surface area contributed by atoms with E-state index in [4.69, 9.17) is 22.1 Å². The molecular weight excluding hydrogens is 404 g/mol. The molecule has 30 heavy (non-hydrogen) atoms. The summed E-state index contributed by atoms with van der Waals surface area (Å²) in [5, 5.41) is 0.654. The number of primary amides is 1. The summed E-state index contributed by atoms with van der Waals surface area (Å²) in [6, 6.07) is 7.58. The number of likely N-dealkylation sites (tertiary alicyclic amines) is 1. The zero-order chi connectivity index (χ0) is 21.3. The Balaban J connectivity index is 1.56. The zero-order valence-corrected chi connectivity index (χ0v) is 17.7. The van der Waals surface area contributed by atoms with E-state index in [9.17, 15) is 9.59 Å². The molecule has 2 amide bonds. The predicted molar refractivity (Wildman–Crippen MR) is 112 cm³/mol. The SMILES string of the molecule is Cc1nc([C@H]2CCN(C(=O)C3(c4ccc(Cl)cc4)CCOCC3)C2)ncc1C(N)=O. The maximum Gasteiger partial charge on any atom is 0.252 e. The molecule has 2 aromatic rings. The molecule has 2 aliphatic heterocycles. The van der Waals surface area contributed by atoms with Gasteiger partial charge in [0.25, 0.3) is 5.91 Å². The second kappa shape index (κ2) is 8.32. The molecule has 4 rings (SSSR count). The van der Waals surface area contributed by atoms with Gasteiger partial charge in [-0.1, -0.05) is 23.7 Å². The van der Waals surface area contributed by atoms with Gasteiger partial charge in [-0.05, 0) is 43.9 Å². The van der Waals surface area contributed by atoms with Gasteiger partial charge in [-0.3, -0.25) is 9.59 Å². The maximum atomic E-state index is 13.7. The summed E-state index contributed by atoms with van der Waals surface area (Å²) < 4.78 is 5.56. The fraction of sp³-hybridized carbons (Fsp3) is 0.455. The third kappa shape index (κ3) is 3.79. The van der Waals surface area contributed by atoms with Crippen LogP contribution in [0.25, 0.3) is 0 Å².